The van der Waals surface area contributed by atoms with Gasteiger partial charge in [-0.05, 0) is 19.1 Å². The largest absolute Gasteiger partial charge is 0.496 e. The smallest absolute Gasteiger partial charge is 0.342 e. The number of hydrogen-bond donors (Lipinski definition) is 0. The normalized spacial score (nSPS) is 9.97. The van der Waals surface area contributed by atoms with E-state index in [0.29, 0.717) is 17.2 Å². The van der Waals surface area contributed by atoms with E-state index in [1.807, 2.05) is 25.1 Å². The van der Waals surface area contributed by atoms with E-state index in [0.717, 1.165) is 5.56 Å². The molecule has 30 heavy (non-hydrogen) atoms. The van der Waals surface area contributed by atoms with Crippen molar-refractivity contribution in [2.45, 2.75) is 13.3 Å². The molecule has 0 spiro atoms. The lowest BCUT2D eigenvalue weighted by Gasteiger charge is -2.22. The molecule has 0 aromatic heterocycles. The molecular weight excluding hydrogens is 388 g/mol. The Morgan fingerprint density at radius 1 is 0.967 bits per heavy atom. The predicted octanol–water partition coefficient (Wildman–Crippen LogP) is 3.12. The van der Waals surface area contributed by atoms with E-state index in [-0.39, 0.29) is 24.3 Å². The number of esters is 1. The van der Waals surface area contributed by atoms with Crippen LogP contribution in [-0.2, 0) is 9.53 Å². The van der Waals surface area contributed by atoms with Crippen molar-refractivity contribution in [3.05, 3.63) is 47.5 Å². The molecule has 2 rings (SSSR count). The van der Waals surface area contributed by atoms with E-state index in [2.05, 4.69) is 0 Å². The minimum atomic E-state index is -0.745. The first-order chi connectivity index (χ1) is 14.4. The van der Waals surface area contributed by atoms with Gasteiger partial charge in [0.2, 0.25) is 0 Å². The number of methoxy groups -OCH3 is 3. The zero-order chi connectivity index (χ0) is 22.1. The average Bonchev–Trinajstić information content (AvgIpc) is 2.77. The first-order valence-corrected chi connectivity index (χ1v) is 9.16. The summed E-state index contributed by atoms with van der Waals surface area (Å²) in [6.07, 6.45) is 0.150. The van der Waals surface area contributed by atoms with Crippen LogP contribution in [0.4, 0.5) is 5.69 Å². The second-order valence-corrected chi connectivity index (χ2v) is 6.27. The Morgan fingerprint density at radius 2 is 1.57 bits per heavy atom. The highest BCUT2D eigenvalue weighted by molar-refractivity contribution is 5.98. The van der Waals surface area contributed by atoms with Gasteiger partial charge in [0, 0.05) is 24.4 Å². The molecule has 0 aliphatic heterocycles. The van der Waals surface area contributed by atoms with Gasteiger partial charge in [0.05, 0.1) is 33.8 Å². The molecule has 158 valence electrons. The van der Waals surface area contributed by atoms with Crippen molar-refractivity contribution in [2.75, 3.05) is 39.4 Å². The maximum atomic E-state index is 12.7. The summed E-state index contributed by atoms with van der Waals surface area (Å²) in [5, 5.41) is 8.90. The molecule has 0 saturated heterocycles. The van der Waals surface area contributed by atoms with Crippen molar-refractivity contribution in [3.63, 3.8) is 0 Å². The van der Waals surface area contributed by atoms with E-state index < -0.39 is 18.5 Å². The molecule has 0 heterocycles. The molecule has 1 amide bonds. The van der Waals surface area contributed by atoms with E-state index in [4.69, 9.17) is 24.2 Å². The summed E-state index contributed by atoms with van der Waals surface area (Å²) in [6, 6.07) is 12.2. The third-order valence-electron chi connectivity index (χ3n) is 4.35. The standard InChI is InChI=1S/C22H24N2O6/c1-15-6-8-16(9-7-15)24(11-5-10-23)21(25)14-30-22(26)17-12-19(28-3)20(29-4)13-18(17)27-2/h6-9,12-13H,5,11,14H2,1-4H3. The zero-order valence-corrected chi connectivity index (χ0v) is 17.4. The number of aryl methyl sites for hydroxylation is 1. The molecule has 8 nitrogen and oxygen atoms in total. The Morgan fingerprint density at radius 3 is 2.13 bits per heavy atom. The number of carbonyl (C=O) groups excluding carboxylic acids is 2. The molecule has 0 aliphatic carbocycles. The molecule has 0 saturated carbocycles. The molecule has 0 atom stereocenters. The Hall–Kier alpha value is -3.73. The number of nitriles is 1. The van der Waals surface area contributed by atoms with Crippen LogP contribution in [0.25, 0.3) is 0 Å². The van der Waals surface area contributed by atoms with Crippen LogP contribution in [0.15, 0.2) is 36.4 Å². The van der Waals surface area contributed by atoms with Crippen molar-refractivity contribution in [3.8, 4) is 23.3 Å². The van der Waals surface area contributed by atoms with Crippen LogP contribution in [0, 0.1) is 18.3 Å². The fraction of sp³-hybridized carbons (Fsp3) is 0.318. The van der Waals surface area contributed by atoms with Crippen LogP contribution in [0.3, 0.4) is 0 Å². The molecule has 8 heteroatoms. The summed E-state index contributed by atoms with van der Waals surface area (Å²) in [5.41, 5.74) is 1.76. The maximum absolute atomic E-state index is 12.7. The van der Waals surface area contributed by atoms with Crippen LogP contribution in [0.1, 0.15) is 22.3 Å². The van der Waals surface area contributed by atoms with Crippen LogP contribution < -0.4 is 19.1 Å². The Bertz CT molecular complexity index is 934. The van der Waals surface area contributed by atoms with Crippen molar-refractivity contribution in [1.82, 2.24) is 0 Å². The second kappa shape index (κ2) is 10.7. The van der Waals surface area contributed by atoms with E-state index in [9.17, 15) is 9.59 Å². The SMILES string of the molecule is COc1cc(OC)c(C(=O)OCC(=O)N(CCC#N)c2ccc(C)cc2)cc1OC. The maximum Gasteiger partial charge on any atom is 0.342 e. The first kappa shape index (κ1) is 22.6. The summed E-state index contributed by atoms with van der Waals surface area (Å²) >= 11 is 0. The van der Waals surface area contributed by atoms with E-state index >= 15 is 0 Å². The number of benzene rings is 2. The third kappa shape index (κ3) is 5.41. The monoisotopic (exact) mass is 412 g/mol. The highest BCUT2D eigenvalue weighted by atomic mass is 16.5. The van der Waals surface area contributed by atoms with Gasteiger partial charge in [-0.25, -0.2) is 4.79 Å². The highest BCUT2D eigenvalue weighted by Crippen LogP contribution is 2.35. The predicted molar refractivity (Wildman–Crippen MR) is 110 cm³/mol. The lowest BCUT2D eigenvalue weighted by atomic mass is 10.1. The first-order valence-electron chi connectivity index (χ1n) is 9.16. The van der Waals surface area contributed by atoms with Gasteiger partial charge in [0.25, 0.3) is 5.91 Å². The number of hydrogen-bond acceptors (Lipinski definition) is 7. The summed E-state index contributed by atoms with van der Waals surface area (Å²) in [4.78, 5) is 26.7. The quantitative estimate of drug-likeness (QED) is 0.584. The molecule has 0 unspecified atom stereocenters. The fourth-order valence-electron chi connectivity index (χ4n) is 2.76. The molecule has 0 bridgehead atoms. The lowest BCUT2D eigenvalue weighted by Crippen LogP contribution is -2.35. The molecule has 0 fully saturated rings. The van der Waals surface area contributed by atoms with Gasteiger partial charge < -0.3 is 23.8 Å². The third-order valence-corrected chi connectivity index (χ3v) is 4.35. The number of nitrogens with zero attached hydrogens (tertiary/aromatic N) is 2. The molecular formula is C22H24N2O6. The van der Waals surface area contributed by atoms with Crippen molar-refractivity contribution >= 4 is 17.6 Å². The van der Waals surface area contributed by atoms with Crippen LogP contribution >= 0.6 is 0 Å². The van der Waals surface area contributed by atoms with Crippen LogP contribution in [0.2, 0.25) is 0 Å². The van der Waals surface area contributed by atoms with E-state index in [1.54, 1.807) is 12.1 Å². The van der Waals surface area contributed by atoms with Gasteiger partial charge in [0.15, 0.2) is 18.1 Å². The number of ether oxygens (including phenoxy) is 4. The fourth-order valence-corrected chi connectivity index (χ4v) is 2.76. The second-order valence-electron chi connectivity index (χ2n) is 6.27. The summed E-state index contributed by atoms with van der Waals surface area (Å²) < 4.78 is 20.9. The minimum absolute atomic E-state index is 0.0989. The average molecular weight is 412 g/mol. The molecule has 0 radical (unpaired) electrons. The van der Waals surface area contributed by atoms with E-state index in [1.165, 1.54) is 38.4 Å². The number of carbonyl (C=O) groups is 2. The van der Waals surface area contributed by atoms with Crippen molar-refractivity contribution in [1.29, 1.82) is 5.26 Å². The summed E-state index contributed by atoms with van der Waals surface area (Å²) in [6.45, 7) is 1.63. The van der Waals surface area contributed by atoms with Gasteiger partial charge in [-0.2, -0.15) is 5.26 Å². The zero-order valence-electron chi connectivity index (χ0n) is 17.4. The topological polar surface area (TPSA) is 98.1 Å². The highest BCUT2D eigenvalue weighted by Gasteiger charge is 2.22. The number of amides is 1. The van der Waals surface area contributed by atoms with Gasteiger partial charge in [-0.1, -0.05) is 17.7 Å². The Labute approximate surface area is 175 Å². The number of anilines is 1. The van der Waals surface area contributed by atoms with Crippen LogP contribution in [0.5, 0.6) is 17.2 Å². The molecule has 2 aromatic rings. The number of rotatable bonds is 9. The van der Waals surface area contributed by atoms with Gasteiger partial charge >= 0.3 is 5.97 Å². The summed E-state index contributed by atoms with van der Waals surface area (Å²) in [7, 11) is 4.32. The lowest BCUT2D eigenvalue weighted by molar-refractivity contribution is -0.121. The minimum Gasteiger partial charge on any atom is -0.496 e. The summed E-state index contributed by atoms with van der Waals surface area (Å²) in [5.74, 6) is -0.243. The van der Waals surface area contributed by atoms with Crippen molar-refractivity contribution < 1.29 is 28.5 Å². The van der Waals surface area contributed by atoms with Gasteiger partial charge in [0.1, 0.15) is 11.3 Å². The van der Waals surface area contributed by atoms with Crippen molar-refractivity contribution in [2.24, 2.45) is 0 Å². The molecule has 0 N–H and O–H groups in total. The van der Waals surface area contributed by atoms with Crippen LogP contribution in [-0.4, -0.2) is 46.4 Å². The van der Waals surface area contributed by atoms with Gasteiger partial charge in [-0.15, -0.1) is 0 Å². The van der Waals surface area contributed by atoms with Gasteiger partial charge in [-0.3, -0.25) is 4.79 Å². The Balaban J connectivity index is 2.17. The molecule has 2 aromatic carbocycles. The molecule has 0 aliphatic rings. The Kier molecular flexibility index (Phi) is 8.06.